The number of rotatable bonds is 5. The summed E-state index contributed by atoms with van der Waals surface area (Å²) in [4.78, 5) is 10.6. The molecule has 7 heteroatoms. The molecule has 0 saturated heterocycles. The van der Waals surface area contributed by atoms with Crippen LogP contribution in [0, 0.1) is 10.1 Å². The van der Waals surface area contributed by atoms with Crippen molar-refractivity contribution in [3.05, 3.63) is 56.9 Å². The molecule has 0 amide bonds. The van der Waals surface area contributed by atoms with E-state index < -0.39 is 4.92 Å². The Morgan fingerprint density at radius 2 is 2.25 bits per heavy atom. The summed E-state index contributed by atoms with van der Waals surface area (Å²) in [6.45, 7) is 2.29. The van der Waals surface area contributed by atoms with E-state index in [1.807, 2.05) is 6.92 Å². The third-order valence-corrected chi connectivity index (χ3v) is 3.75. The van der Waals surface area contributed by atoms with Gasteiger partial charge in [0.2, 0.25) is 0 Å². The zero-order valence-corrected chi connectivity index (χ0v) is 12.3. The third-order valence-electron chi connectivity index (χ3n) is 2.95. The second-order valence-electron chi connectivity index (χ2n) is 4.38. The van der Waals surface area contributed by atoms with Gasteiger partial charge < -0.3 is 0 Å². The van der Waals surface area contributed by atoms with Crippen LogP contribution in [0.5, 0.6) is 0 Å². The SMILES string of the molecule is CCC(Cl)c1cnn(Cc2ccc(Cl)cc2[N+](=O)[O-])c1. The van der Waals surface area contributed by atoms with Crippen molar-refractivity contribution < 1.29 is 4.92 Å². The minimum atomic E-state index is -0.442. The van der Waals surface area contributed by atoms with Gasteiger partial charge in [0.15, 0.2) is 0 Å². The Morgan fingerprint density at radius 3 is 2.90 bits per heavy atom. The van der Waals surface area contributed by atoms with Crippen molar-refractivity contribution in [3.63, 3.8) is 0 Å². The van der Waals surface area contributed by atoms with E-state index in [1.54, 1.807) is 29.2 Å². The Balaban J connectivity index is 2.26. The van der Waals surface area contributed by atoms with Gasteiger partial charge in [0, 0.05) is 22.8 Å². The van der Waals surface area contributed by atoms with Crippen molar-refractivity contribution >= 4 is 28.9 Å². The van der Waals surface area contributed by atoms with Crippen LogP contribution < -0.4 is 0 Å². The Labute approximate surface area is 126 Å². The summed E-state index contributed by atoms with van der Waals surface area (Å²) in [5, 5.41) is 15.4. The maximum absolute atomic E-state index is 11.0. The van der Waals surface area contributed by atoms with Gasteiger partial charge in [0.1, 0.15) is 0 Å². The van der Waals surface area contributed by atoms with E-state index in [-0.39, 0.29) is 11.1 Å². The highest BCUT2D eigenvalue weighted by atomic mass is 35.5. The molecule has 1 atom stereocenters. The van der Waals surface area contributed by atoms with Gasteiger partial charge in [-0.25, -0.2) is 0 Å². The minimum absolute atomic E-state index is 0.00698. The quantitative estimate of drug-likeness (QED) is 0.472. The van der Waals surface area contributed by atoms with Gasteiger partial charge in [-0.1, -0.05) is 18.5 Å². The monoisotopic (exact) mass is 313 g/mol. The van der Waals surface area contributed by atoms with Crippen LogP contribution >= 0.6 is 23.2 Å². The van der Waals surface area contributed by atoms with Crippen LogP contribution in [0.3, 0.4) is 0 Å². The molecule has 0 radical (unpaired) electrons. The van der Waals surface area contributed by atoms with Crippen LogP contribution in [0.1, 0.15) is 29.8 Å². The zero-order chi connectivity index (χ0) is 14.7. The summed E-state index contributed by atoms with van der Waals surface area (Å²) in [6, 6.07) is 4.61. The molecule has 0 spiro atoms. The first kappa shape index (κ1) is 14.8. The molecule has 20 heavy (non-hydrogen) atoms. The molecule has 0 N–H and O–H groups in total. The fourth-order valence-corrected chi connectivity index (χ4v) is 2.16. The average Bonchev–Trinajstić information content (AvgIpc) is 2.88. The van der Waals surface area contributed by atoms with Gasteiger partial charge in [-0.05, 0) is 18.6 Å². The van der Waals surface area contributed by atoms with E-state index in [4.69, 9.17) is 23.2 Å². The van der Waals surface area contributed by atoms with E-state index in [2.05, 4.69) is 5.10 Å². The second-order valence-corrected chi connectivity index (χ2v) is 5.34. The van der Waals surface area contributed by atoms with Crippen molar-refractivity contribution in [1.29, 1.82) is 0 Å². The number of hydrogen-bond donors (Lipinski definition) is 0. The Morgan fingerprint density at radius 1 is 1.50 bits per heavy atom. The van der Waals surface area contributed by atoms with Crippen LogP contribution in [0.25, 0.3) is 0 Å². The zero-order valence-electron chi connectivity index (χ0n) is 10.8. The van der Waals surface area contributed by atoms with Crippen molar-refractivity contribution in [1.82, 2.24) is 9.78 Å². The smallest absolute Gasteiger partial charge is 0.268 e. The van der Waals surface area contributed by atoms with Crippen molar-refractivity contribution in [3.8, 4) is 0 Å². The standard InChI is InChI=1S/C13H13Cl2N3O2/c1-2-12(15)10-6-16-17(8-10)7-9-3-4-11(14)5-13(9)18(19)20/h3-6,8,12H,2,7H2,1H3. The molecule has 0 aliphatic carbocycles. The highest BCUT2D eigenvalue weighted by Crippen LogP contribution is 2.26. The normalized spacial score (nSPS) is 12.3. The molecule has 2 aromatic rings. The topological polar surface area (TPSA) is 61.0 Å². The number of nitrogens with zero attached hydrogens (tertiary/aromatic N) is 3. The largest absolute Gasteiger partial charge is 0.275 e. The fraction of sp³-hybridized carbons (Fsp3) is 0.308. The van der Waals surface area contributed by atoms with Gasteiger partial charge in [-0.3, -0.25) is 14.8 Å². The van der Waals surface area contributed by atoms with E-state index >= 15 is 0 Å². The molecule has 0 fully saturated rings. The van der Waals surface area contributed by atoms with E-state index in [9.17, 15) is 10.1 Å². The van der Waals surface area contributed by atoms with Crippen LogP contribution in [-0.4, -0.2) is 14.7 Å². The molecule has 5 nitrogen and oxygen atoms in total. The summed E-state index contributed by atoms with van der Waals surface area (Å²) in [6.07, 6.45) is 4.29. The van der Waals surface area contributed by atoms with Crippen LogP contribution in [0.4, 0.5) is 5.69 Å². The summed E-state index contributed by atoms with van der Waals surface area (Å²) in [7, 11) is 0. The Bertz CT molecular complexity index is 628. The summed E-state index contributed by atoms with van der Waals surface area (Å²) < 4.78 is 1.64. The van der Waals surface area contributed by atoms with Crippen molar-refractivity contribution in [2.45, 2.75) is 25.3 Å². The summed E-state index contributed by atoms with van der Waals surface area (Å²) in [5.74, 6) is 0. The third kappa shape index (κ3) is 3.29. The van der Waals surface area contributed by atoms with Crippen LogP contribution in [-0.2, 0) is 6.54 Å². The van der Waals surface area contributed by atoms with Crippen LogP contribution in [0.15, 0.2) is 30.6 Å². The molecule has 0 bridgehead atoms. The predicted molar refractivity (Wildman–Crippen MR) is 78.3 cm³/mol. The average molecular weight is 314 g/mol. The van der Waals surface area contributed by atoms with Gasteiger partial charge >= 0.3 is 0 Å². The van der Waals surface area contributed by atoms with E-state index in [1.165, 1.54) is 6.07 Å². The first-order chi connectivity index (χ1) is 9.51. The summed E-state index contributed by atoms with van der Waals surface area (Å²) in [5.41, 5.74) is 1.45. The fourth-order valence-electron chi connectivity index (χ4n) is 1.88. The van der Waals surface area contributed by atoms with E-state index in [0.717, 1.165) is 12.0 Å². The molecule has 1 aromatic carbocycles. The molecule has 0 aliphatic heterocycles. The van der Waals surface area contributed by atoms with Crippen LogP contribution in [0.2, 0.25) is 5.02 Å². The Kier molecular flexibility index (Phi) is 4.62. The molecule has 1 aromatic heterocycles. The molecule has 0 aliphatic rings. The number of halogens is 2. The van der Waals surface area contributed by atoms with Gasteiger partial charge in [-0.15, -0.1) is 11.6 Å². The van der Waals surface area contributed by atoms with E-state index in [0.29, 0.717) is 17.1 Å². The number of hydrogen-bond acceptors (Lipinski definition) is 3. The highest BCUT2D eigenvalue weighted by molar-refractivity contribution is 6.30. The lowest BCUT2D eigenvalue weighted by atomic mass is 10.2. The summed E-state index contributed by atoms with van der Waals surface area (Å²) >= 11 is 11.9. The molecular formula is C13H13Cl2N3O2. The van der Waals surface area contributed by atoms with Gasteiger partial charge in [-0.2, -0.15) is 5.10 Å². The highest BCUT2D eigenvalue weighted by Gasteiger charge is 2.15. The molecular weight excluding hydrogens is 301 g/mol. The number of benzene rings is 1. The number of nitro groups is 1. The second kappa shape index (κ2) is 6.24. The first-order valence-electron chi connectivity index (χ1n) is 6.10. The number of nitro benzene ring substituents is 1. The maximum atomic E-state index is 11.0. The lowest BCUT2D eigenvalue weighted by molar-refractivity contribution is -0.385. The first-order valence-corrected chi connectivity index (χ1v) is 6.92. The molecule has 2 rings (SSSR count). The maximum Gasteiger partial charge on any atom is 0.275 e. The lowest BCUT2D eigenvalue weighted by Gasteiger charge is -2.04. The minimum Gasteiger partial charge on any atom is -0.268 e. The molecule has 106 valence electrons. The van der Waals surface area contributed by atoms with Crippen molar-refractivity contribution in [2.75, 3.05) is 0 Å². The molecule has 1 heterocycles. The van der Waals surface area contributed by atoms with Gasteiger partial charge in [0.05, 0.1) is 28.6 Å². The predicted octanol–water partition coefficient (Wildman–Crippen LogP) is 4.18. The lowest BCUT2D eigenvalue weighted by Crippen LogP contribution is -2.03. The van der Waals surface area contributed by atoms with Gasteiger partial charge in [0.25, 0.3) is 5.69 Å². The Hall–Kier alpha value is -1.59. The van der Waals surface area contributed by atoms with Crippen molar-refractivity contribution in [2.24, 2.45) is 0 Å². The molecule has 0 saturated carbocycles. The molecule has 1 unspecified atom stereocenters. The number of aromatic nitrogens is 2. The number of alkyl halides is 1.